The van der Waals surface area contributed by atoms with E-state index in [0.717, 1.165) is 16.5 Å². The van der Waals surface area contributed by atoms with Crippen molar-refractivity contribution >= 4 is 25.8 Å². The number of ether oxygens (including phenoxy) is 1. The zero-order valence-corrected chi connectivity index (χ0v) is 25.3. The summed E-state index contributed by atoms with van der Waals surface area (Å²) < 4.78 is 66.0. The van der Waals surface area contributed by atoms with E-state index >= 15 is 0 Å². The predicted octanol–water partition coefficient (Wildman–Crippen LogP) is 5.33. The smallest absolute Gasteiger partial charge is 0.447 e. The first kappa shape index (κ1) is 34.6. The average Bonchev–Trinajstić information content (AvgIpc) is 3.47. The second-order valence-corrected chi connectivity index (χ2v) is 10.9. The molecule has 2 aromatic carbocycles. The van der Waals surface area contributed by atoms with Gasteiger partial charge in [0.25, 0.3) is 0 Å². The van der Waals surface area contributed by atoms with E-state index in [1.807, 2.05) is 30.3 Å². The first-order valence-corrected chi connectivity index (χ1v) is 15.1. The minimum absolute atomic E-state index is 0.00431. The van der Waals surface area contributed by atoms with Gasteiger partial charge in [0.2, 0.25) is 5.88 Å². The van der Waals surface area contributed by atoms with Crippen LogP contribution in [0, 0.1) is 11.6 Å². The number of carbonyl (C=O) groups excluding carboxylic acids is 2. The molecule has 0 fully saturated rings. The number of benzene rings is 2. The maximum Gasteiger partial charge on any atom is 0.474 e. The zero-order chi connectivity index (χ0) is 32.1. The number of aliphatic hydroxyl groups excluding tert-OH is 1. The molecule has 16 heteroatoms. The highest BCUT2D eigenvalue weighted by molar-refractivity contribution is 7.48. The normalized spacial score (nSPS) is 12.8. The zero-order valence-electron chi connectivity index (χ0n) is 24.4. The maximum atomic E-state index is 14.1. The fourth-order valence-electron chi connectivity index (χ4n) is 3.86. The summed E-state index contributed by atoms with van der Waals surface area (Å²) in [5, 5.41) is 19.4. The number of rotatable bonds is 16. The number of nitrogens with zero attached hydrogens (tertiary/aromatic N) is 2. The molecule has 44 heavy (non-hydrogen) atoms. The lowest BCUT2D eigenvalue weighted by molar-refractivity contribution is 0.0353. The molecule has 0 spiro atoms. The number of anilines is 1. The third-order valence-electron chi connectivity index (χ3n) is 6.09. The van der Waals surface area contributed by atoms with Gasteiger partial charge in [-0.05, 0) is 26.3 Å². The summed E-state index contributed by atoms with van der Waals surface area (Å²) in [4.78, 5) is 26.6. The number of halogens is 2. The van der Waals surface area contributed by atoms with Gasteiger partial charge in [-0.25, -0.2) is 22.9 Å². The van der Waals surface area contributed by atoms with Gasteiger partial charge in [0.05, 0.1) is 32.0 Å². The summed E-state index contributed by atoms with van der Waals surface area (Å²) in [6.07, 6.45) is -2.48. The number of nitrogens with one attached hydrogen (secondary N) is 2. The molecule has 0 saturated carbocycles. The van der Waals surface area contributed by atoms with Gasteiger partial charge in [-0.3, -0.25) is 18.9 Å². The number of likely N-dealkylation sites (N-methyl/N-ethyl adjacent to an activating group) is 1. The Bertz CT molecular complexity index is 1400. The molecule has 1 heterocycles. The highest BCUT2D eigenvalue weighted by Gasteiger charge is 2.30. The molecule has 1 aromatic heterocycles. The number of aromatic nitrogens is 1. The van der Waals surface area contributed by atoms with Crippen molar-refractivity contribution in [3.8, 4) is 11.3 Å². The van der Waals surface area contributed by atoms with Crippen LogP contribution in [0.4, 0.5) is 24.3 Å². The highest BCUT2D eigenvalue weighted by Crippen LogP contribution is 2.49. The molecule has 0 bridgehead atoms. The number of phosphoric ester groups is 1. The lowest BCUT2D eigenvalue weighted by Crippen LogP contribution is -2.47. The Morgan fingerprint density at radius 3 is 2.43 bits per heavy atom. The molecule has 0 aliphatic carbocycles. The van der Waals surface area contributed by atoms with Crippen molar-refractivity contribution < 1.29 is 50.9 Å². The average molecular weight is 641 g/mol. The Morgan fingerprint density at radius 1 is 1.05 bits per heavy atom. The Balaban J connectivity index is 1.65. The van der Waals surface area contributed by atoms with Crippen LogP contribution in [0.3, 0.4) is 0 Å². The van der Waals surface area contributed by atoms with Gasteiger partial charge in [0.1, 0.15) is 12.3 Å². The molecule has 13 nitrogen and oxygen atoms in total. The summed E-state index contributed by atoms with van der Waals surface area (Å²) >= 11 is 0. The van der Waals surface area contributed by atoms with Crippen LogP contribution in [0.25, 0.3) is 11.3 Å². The molecule has 3 aromatic rings. The van der Waals surface area contributed by atoms with Gasteiger partial charge in [0.15, 0.2) is 11.6 Å². The summed E-state index contributed by atoms with van der Waals surface area (Å²) in [5.41, 5.74) is 1.15. The van der Waals surface area contributed by atoms with Gasteiger partial charge in [-0.2, -0.15) is 0 Å². The van der Waals surface area contributed by atoms with Crippen LogP contribution in [0.15, 0.2) is 59.1 Å². The van der Waals surface area contributed by atoms with Crippen LogP contribution in [0.1, 0.15) is 25.8 Å². The van der Waals surface area contributed by atoms with E-state index in [-0.39, 0.29) is 37.6 Å². The molecule has 0 radical (unpaired) electrons. The molecule has 0 aliphatic rings. The predicted molar refractivity (Wildman–Crippen MR) is 154 cm³/mol. The standard InChI is InChI=1S/C28H35F2N4O9P/c1-4-40-44(38,41-5-2)42-18-22(35)14-21(34(3)27(36)31-16-20-12-9-13-23(29)26(20)30)17-39-28(37)32-25-15-24(33-43-25)19-10-7-6-8-11-19/h6-13,15,21-22,35H,4-5,14,16-18H2,1-3H3,(H,31,36)(H,32,37)/t21-,22-/m0/s1. The van der Waals surface area contributed by atoms with Crippen LogP contribution in [-0.2, 0) is 29.4 Å². The number of amides is 3. The molecule has 0 aliphatic heterocycles. The number of hydrogen-bond acceptors (Lipinski definition) is 10. The fraction of sp³-hybridized carbons (Fsp3) is 0.393. The molecule has 3 N–H and O–H groups in total. The van der Waals surface area contributed by atoms with E-state index in [0.29, 0.717) is 5.69 Å². The van der Waals surface area contributed by atoms with Gasteiger partial charge < -0.3 is 24.6 Å². The fourth-order valence-corrected chi connectivity index (χ4v) is 5.07. The van der Waals surface area contributed by atoms with Crippen molar-refractivity contribution in [2.24, 2.45) is 0 Å². The molecule has 0 unspecified atom stereocenters. The lowest BCUT2D eigenvalue weighted by atomic mass is 10.1. The molecular weight excluding hydrogens is 605 g/mol. The van der Waals surface area contributed by atoms with Crippen LogP contribution >= 0.6 is 7.82 Å². The maximum absolute atomic E-state index is 14.1. The summed E-state index contributed by atoms with van der Waals surface area (Å²) in [6, 6.07) is 12.4. The quantitative estimate of drug-likeness (QED) is 0.175. The minimum atomic E-state index is -3.93. The summed E-state index contributed by atoms with van der Waals surface area (Å²) in [7, 11) is -2.58. The SMILES string of the molecule is CCOP(=O)(OCC)OC[C@@H](O)C[C@@H](COC(=O)Nc1cc(-c2ccccc2)no1)N(C)C(=O)NCc1cccc(F)c1F. The Labute approximate surface area is 253 Å². The van der Waals surface area contributed by atoms with E-state index in [4.69, 9.17) is 22.8 Å². The Morgan fingerprint density at radius 2 is 1.75 bits per heavy atom. The van der Waals surface area contributed by atoms with Crippen LogP contribution in [0.2, 0.25) is 0 Å². The van der Waals surface area contributed by atoms with Crippen molar-refractivity contribution in [3.63, 3.8) is 0 Å². The molecular formula is C28H35F2N4O9P. The second kappa shape index (κ2) is 16.8. The second-order valence-electron chi connectivity index (χ2n) is 9.27. The number of carbonyl (C=O) groups is 2. The first-order chi connectivity index (χ1) is 21.0. The number of aliphatic hydroxyl groups is 1. The van der Waals surface area contributed by atoms with E-state index in [1.165, 1.54) is 25.2 Å². The highest BCUT2D eigenvalue weighted by atomic mass is 31.2. The molecule has 0 saturated heterocycles. The molecule has 3 rings (SSSR count). The number of phosphoric acid groups is 1. The number of urea groups is 1. The lowest BCUT2D eigenvalue weighted by Gasteiger charge is -2.30. The monoisotopic (exact) mass is 640 g/mol. The topological polar surface area (TPSA) is 162 Å². The van der Waals surface area contributed by atoms with Crippen molar-refractivity contribution in [2.75, 3.05) is 38.8 Å². The largest absolute Gasteiger partial charge is 0.474 e. The van der Waals surface area contributed by atoms with Crippen LogP contribution in [-0.4, -0.2) is 72.9 Å². The van der Waals surface area contributed by atoms with Crippen LogP contribution < -0.4 is 10.6 Å². The van der Waals surface area contributed by atoms with Gasteiger partial charge >= 0.3 is 19.9 Å². The van der Waals surface area contributed by atoms with E-state index < -0.39 is 56.9 Å². The minimum Gasteiger partial charge on any atom is -0.447 e. The Hall–Kier alpha value is -3.88. The number of hydrogen-bond donors (Lipinski definition) is 3. The van der Waals surface area contributed by atoms with Gasteiger partial charge in [-0.1, -0.05) is 47.6 Å². The molecule has 240 valence electrons. The third kappa shape index (κ3) is 10.4. The first-order valence-electron chi connectivity index (χ1n) is 13.7. The van der Waals surface area contributed by atoms with Crippen molar-refractivity contribution in [3.05, 3.63) is 71.8 Å². The third-order valence-corrected chi connectivity index (χ3v) is 7.70. The van der Waals surface area contributed by atoms with Gasteiger partial charge in [-0.15, -0.1) is 0 Å². The van der Waals surface area contributed by atoms with E-state index in [2.05, 4.69) is 15.8 Å². The van der Waals surface area contributed by atoms with E-state index in [1.54, 1.807) is 13.8 Å². The Kier molecular flexibility index (Phi) is 13.2. The van der Waals surface area contributed by atoms with Crippen molar-refractivity contribution in [1.29, 1.82) is 0 Å². The summed E-state index contributed by atoms with van der Waals surface area (Å²) in [6.45, 7) is 1.99. The van der Waals surface area contributed by atoms with Crippen LogP contribution in [0.5, 0.6) is 0 Å². The van der Waals surface area contributed by atoms with E-state index in [9.17, 15) is 28.0 Å². The molecule has 2 atom stereocenters. The van der Waals surface area contributed by atoms with Crippen molar-refractivity contribution in [1.82, 2.24) is 15.4 Å². The summed E-state index contributed by atoms with van der Waals surface area (Å²) in [5.74, 6) is -2.16. The van der Waals surface area contributed by atoms with Crippen molar-refractivity contribution in [2.45, 2.75) is 39.0 Å². The van der Waals surface area contributed by atoms with Gasteiger partial charge in [0, 0.05) is 30.8 Å². The molecule has 3 amide bonds.